The molecule has 3 amide bonds. The van der Waals surface area contributed by atoms with Crippen LogP contribution in [-0.2, 0) is 21.4 Å². The molecule has 4 heterocycles. The second-order valence-electron chi connectivity index (χ2n) is 8.62. The summed E-state index contributed by atoms with van der Waals surface area (Å²) in [5, 5.41) is 29.7. The van der Waals surface area contributed by atoms with Crippen molar-refractivity contribution in [2.75, 3.05) is 11.5 Å². The number of aromatic nitrogens is 6. The second-order valence-corrected chi connectivity index (χ2v) is 10.7. The minimum atomic E-state index is -1.30. The van der Waals surface area contributed by atoms with Crippen molar-refractivity contribution in [2.45, 2.75) is 29.5 Å². The van der Waals surface area contributed by atoms with Gasteiger partial charge in [-0.15, -0.1) is 26.6 Å². The molecule has 0 aliphatic carbocycles. The number of tetrazole rings is 1. The van der Waals surface area contributed by atoms with Crippen molar-refractivity contribution in [3.05, 3.63) is 63.6 Å². The highest BCUT2D eigenvalue weighted by Gasteiger charge is 2.54. The lowest BCUT2D eigenvalue weighted by molar-refractivity contribution is -0.151. The van der Waals surface area contributed by atoms with Crippen LogP contribution in [0.15, 0.2) is 56.0 Å². The molecule has 208 valence electrons. The van der Waals surface area contributed by atoms with Gasteiger partial charge in [0.2, 0.25) is 17.0 Å². The Morgan fingerprint density at radius 2 is 2.00 bits per heavy atom. The lowest BCUT2D eigenvalue weighted by Gasteiger charge is -2.49. The molecule has 2 aromatic heterocycles. The van der Waals surface area contributed by atoms with E-state index in [0.717, 1.165) is 4.90 Å². The fourth-order valence-electron chi connectivity index (χ4n) is 4.16. The lowest BCUT2D eigenvalue weighted by Crippen LogP contribution is -2.71. The summed E-state index contributed by atoms with van der Waals surface area (Å²) in [5.74, 6) is -3.12. The molecule has 3 N–H and O–H groups in total. The summed E-state index contributed by atoms with van der Waals surface area (Å²) in [4.78, 5) is 64.4. The normalized spacial score (nSPS) is 19.1. The van der Waals surface area contributed by atoms with E-state index in [1.807, 2.05) is 0 Å². The largest absolute Gasteiger partial charge is 0.477 e. The Morgan fingerprint density at radius 1 is 1.25 bits per heavy atom. The maximum absolute atomic E-state index is 13.4. The van der Waals surface area contributed by atoms with E-state index in [4.69, 9.17) is 4.42 Å². The van der Waals surface area contributed by atoms with Crippen molar-refractivity contribution in [1.29, 1.82) is 0 Å². The topological polar surface area (TPSA) is 207 Å². The number of aliphatic carboxylic acids is 1. The van der Waals surface area contributed by atoms with Crippen molar-refractivity contribution in [3.63, 3.8) is 0 Å². The average molecular weight is 588 g/mol. The van der Waals surface area contributed by atoms with Crippen LogP contribution in [0.5, 0.6) is 0 Å². The Hall–Kier alpha value is -4.45. The van der Waals surface area contributed by atoms with E-state index < -0.39 is 47.0 Å². The summed E-state index contributed by atoms with van der Waals surface area (Å²) in [7, 11) is 1.66. The number of β-lactam (4-membered cyclic amide) rings is 1. The Bertz CT molecular complexity index is 1580. The number of fused-ring (bicyclic) bond motifs is 1. The number of carboxylic acid groups (broad SMARTS) is 1. The van der Waals surface area contributed by atoms with Crippen LogP contribution in [0.25, 0.3) is 0 Å². The number of carboxylic acids is 1. The minimum absolute atomic E-state index is 0.0383. The van der Waals surface area contributed by atoms with E-state index in [1.165, 1.54) is 35.1 Å². The van der Waals surface area contributed by atoms with E-state index in [9.17, 15) is 29.1 Å². The van der Waals surface area contributed by atoms with Gasteiger partial charge in [-0.3, -0.25) is 14.5 Å². The van der Waals surface area contributed by atoms with Gasteiger partial charge < -0.3 is 20.2 Å². The van der Waals surface area contributed by atoms with E-state index in [0.29, 0.717) is 26.7 Å². The number of amides is 3. The first kappa shape index (κ1) is 27.1. The zero-order valence-electron chi connectivity index (χ0n) is 20.9. The summed E-state index contributed by atoms with van der Waals surface area (Å²) in [6.07, 6.45) is 0. The highest BCUT2D eigenvalue weighted by Crippen LogP contribution is 2.41. The van der Waals surface area contributed by atoms with Gasteiger partial charge in [0.1, 0.15) is 23.2 Å². The third-order valence-electron chi connectivity index (χ3n) is 6.01. The van der Waals surface area contributed by atoms with Gasteiger partial charge in [0.25, 0.3) is 5.91 Å². The molecule has 2 unspecified atom stereocenters. The third-order valence-corrected chi connectivity index (χ3v) is 8.44. The zero-order valence-corrected chi connectivity index (χ0v) is 22.5. The standard InChI is InChI=1S/C22H21N9O7S2/c1-10-26-31(22(37)38-10)20(36)24-13(11-6-4-3-5-7-11)16(32)23-14-17(33)30-15(19(34)35)12(8-39-18(14)30)9-40-21-25-27-28-29(21)2/h3-7,13-14,18H,8-9H2,1-2H3,(H,23,32)(H,24,36)(H,34,35)/t13?,14?,18-/m1/s1. The molecular formula is C22H21N9O7S2. The van der Waals surface area contributed by atoms with Crippen LogP contribution in [-0.4, -0.2) is 86.7 Å². The van der Waals surface area contributed by atoms with Gasteiger partial charge in [0.05, 0.1) is 0 Å². The number of hydrogen-bond donors (Lipinski definition) is 3. The molecule has 1 saturated heterocycles. The van der Waals surface area contributed by atoms with Crippen molar-refractivity contribution < 1.29 is 28.7 Å². The van der Waals surface area contributed by atoms with Crippen LogP contribution in [0.3, 0.4) is 0 Å². The van der Waals surface area contributed by atoms with Crippen LogP contribution < -0.4 is 16.4 Å². The predicted octanol–water partition coefficient (Wildman–Crippen LogP) is -0.502. The van der Waals surface area contributed by atoms with Crippen LogP contribution in [0.1, 0.15) is 17.5 Å². The van der Waals surface area contributed by atoms with E-state index in [-0.39, 0.29) is 17.3 Å². The number of carbonyl (C=O) groups excluding carboxylic acids is 3. The number of aryl methyl sites for hydroxylation is 2. The van der Waals surface area contributed by atoms with Crippen LogP contribution >= 0.6 is 23.5 Å². The number of nitrogens with zero attached hydrogens (tertiary/aromatic N) is 7. The van der Waals surface area contributed by atoms with Crippen molar-refractivity contribution >= 4 is 47.3 Å². The Kier molecular flexibility index (Phi) is 7.44. The molecular weight excluding hydrogens is 566 g/mol. The fourth-order valence-corrected chi connectivity index (χ4v) is 6.49. The van der Waals surface area contributed by atoms with Gasteiger partial charge in [-0.05, 0) is 21.6 Å². The first-order valence-electron chi connectivity index (χ1n) is 11.6. The molecule has 1 aromatic carbocycles. The monoisotopic (exact) mass is 587 g/mol. The Balaban J connectivity index is 1.33. The van der Waals surface area contributed by atoms with Gasteiger partial charge in [-0.1, -0.05) is 42.1 Å². The maximum Gasteiger partial charge on any atom is 0.446 e. The Morgan fingerprint density at radius 3 is 2.62 bits per heavy atom. The molecule has 5 rings (SSSR count). The summed E-state index contributed by atoms with van der Waals surface area (Å²) >= 11 is 2.54. The highest BCUT2D eigenvalue weighted by atomic mass is 32.2. The number of hydrogen-bond acceptors (Lipinski definition) is 12. The van der Waals surface area contributed by atoms with Crippen molar-refractivity contribution in [2.24, 2.45) is 7.05 Å². The van der Waals surface area contributed by atoms with Gasteiger partial charge in [-0.25, -0.2) is 19.1 Å². The SMILES string of the molecule is Cc1nn(C(=O)NC(C(=O)NC2C(=O)N3C(C(=O)O)=C(CSc4nnnn4C)CS[C@H]23)c2ccccc2)c(=O)o1. The van der Waals surface area contributed by atoms with Gasteiger partial charge in [-0.2, -0.15) is 0 Å². The summed E-state index contributed by atoms with van der Waals surface area (Å²) in [5.41, 5.74) is 0.753. The molecule has 0 radical (unpaired) electrons. The summed E-state index contributed by atoms with van der Waals surface area (Å²) in [6.45, 7) is 1.39. The predicted molar refractivity (Wildman–Crippen MR) is 138 cm³/mol. The molecule has 18 heteroatoms. The molecule has 0 spiro atoms. The number of benzene rings is 1. The van der Waals surface area contributed by atoms with Gasteiger partial charge >= 0.3 is 17.8 Å². The Labute approximate surface area is 233 Å². The molecule has 0 saturated carbocycles. The van der Waals surface area contributed by atoms with E-state index >= 15 is 0 Å². The molecule has 16 nitrogen and oxygen atoms in total. The molecule has 3 aromatic rings. The minimum Gasteiger partial charge on any atom is -0.477 e. The molecule has 3 atom stereocenters. The quantitative estimate of drug-likeness (QED) is 0.225. The zero-order chi connectivity index (χ0) is 28.6. The first-order valence-corrected chi connectivity index (χ1v) is 13.7. The summed E-state index contributed by atoms with van der Waals surface area (Å²) in [6, 6.07) is 4.87. The smallest absolute Gasteiger partial charge is 0.446 e. The van der Waals surface area contributed by atoms with Gasteiger partial charge in [0, 0.05) is 25.5 Å². The lowest BCUT2D eigenvalue weighted by atomic mass is 10.0. The third kappa shape index (κ3) is 5.09. The van der Waals surface area contributed by atoms with E-state index in [2.05, 4.69) is 31.3 Å². The number of thioether (sulfide) groups is 2. The second kappa shape index (κ2) is 11.0. The number of carbonyl (C=O) groups is 4. The molecule has 0 bridgehead atoms. The van der Waals surface area contributed by atoms with Gasteiger partial charge in [0.15, 0.2) is 0 Å². The molecule has 1 fully saturated rings. The average Bonchev–Trinajstić information content (AvgIpc) is 3.51. The summed E-state index contributed by atoms with van der Waals surface area (Å²) < 4.78 is 6.65. The number of nitrogens with one attached hydrogen (secondary N) is 2. The maximum atomic E-state index is 13.4. The van der Waals surface area contributed by atoms with Crippen LogP contribution in [0, 0.1) is 6.92 Å². The van der Waals surface area contributed by atoms with E-state index in [1.54, 1.807) is 37.4 Å². The molecule has 2 aliphatic heterocycles. The highest BCUT2D eigenvalue weighted by molar-refractivity contribution is 8.01. The van der Waals surface area contributed by atoms with Crippen molar-refractivity contribution in [3.8, 4) is 0 Å². The van der Waals surface area contributed by atoms with Crippen LogP contribution in [0.2, 0.25) is 0 Å². The number of rotatable bonds is 8. The molecule has 40 heavy (non-hydrogen) atoms. The van der Waals surface area contributed by atoms with Crippen LogP contribution in [0.4, 0.5) is 4.79 Å². The first-order chi connectivity index (χ1) is 19.2. The molecule has 2 aliphatic rings. The fraction of sp³-hybridized carbons (Fsp3) is 0.318. The van der Waals surface area contributed by atoms with Crippen molar-refractivity contribution in [1.82, 2.24) is 45.5 Å².